The third kappa shape index (κ3) is 3.79. The molecule has 0 radical (unpaired) electrons. The van der Waals surface area contributed by atoms with Crippen molar-refractivity contribution in [2.75, 3.05) is 0 Å². The molecule has 0 N–H and O–H groups in total. The second-order valence-corrected chi connectivity index (χ2v) is 10.8. The molecule has 3 aromatic rings. The summed E-state index contributed by atoms with van der Waals surface area (Å²) < 4.78 is 93.4. The fraction of sp³-hybridized carbons (Fsp3) is 0.238. The van der Waals surface area contributed by atoms with E-state index in [9.17, 15) is 30.0 Å². The molecule has 0 saturated heterocycles. The van der Waals surface area contributed by atoms with Gasteiger partial charge in [-0.1, -0.05) is 17.7 Å². The Bertz CT molecular complexity index is 1440. The van der Waals surface area contributed by atoms with Gasteiger partial charge in [-0.05, 0) is 68.2 Å². The minimum absolute atomic E-state index is 0.0933. The van der Waals surface area contributed by atoms with Crippen molar-refractivity contribution >= 4 is 36.8 Å². The van der Waals surface area contributed by atoms with Crippen LogP contribution in [0.25, 0.3) is 16.7 Å². The maximum Gasteiger partial charge on any atom is 0.534 e. The Morgan fingerprint density at radius 1 is 0.969 bits per heavy atom. The lowest BCUT2D eigenvalue weighted by Gasteiger charge is -2.15. The summed E-state index contributed by atoms with van der Waals surface area (Å²) in [5.74, 6) is -0.411. The third-order valence-electron chi connectivity index (χ3n) is 5.23. The van der Waals surface area contributed by atoms with Crippen LogP contribution in [0.2, 0.25) is 0 Å². The second-order valence-electron chi connectivity index (χ2n) is 7.40. The SMILES string of the molecule is Cc1ccc(S(=O)(=O)n2ccc3c4c(ccc32)C(OS(=O)(=O)C(F)(F)F)=CCCC4)cc1. The quantitative estimate of drug-likeness (QED) is 0.394. The van der Waals surface area contributed by atoms with Crippen molar-refractivity contribution in [1.29, 1.82) is 0 Å². The molecule has 6 nitrogen and oxygen atoms in total. The summed E-state index contributed by atoms with van der Waals surface area (Å²) >= 11 is 0. The lowest BCUT2D eigenvalue weighted by Crippen LogP contribution is -2.25. The molecule has 0 aliphatic heterocycles. The zero-order chi connectivity index (χ0) is 23.3. The number of alkyl halides is 3. The molecule has 0 fully saturated rings. The fourth-order valence-electron chi connectivity index (χ4n) is 3.65. The topological polar surface area (TPSA) is 82.4 Å². The smallest absolute Gasteiger partial charge is 0.376 e. The van der Waals surface area contributed by atoms with Gasteiger partial charge in [0, 0.05) is 17.1 Å². The molecule has 1 heterocycles. The predicted octanol–water partition coefficient (Wildman–Crippen LogP) is 4.73. The molecule has 1 aliphatic carbocycles. The lowest BCUT2D eigenvalue weighted by atomic mass is 9.99. The van der Waals surface area contributed by atoms with Gasteiger partial charge in [-0.2, -0.15) is 21.6 Å². The van der Waals surface area contributed by atoms with E-state index in [1.165, 1.54) is 36.5 Å². The third-order valence-corrected chi connectivity index (χ3v) is 7.91. The molecule has 32 heavy (non-hydrogen) atoms. The van der Waals surface area contributed by atoms with E-state index in [1.807, 2.05) is 6.92 Å². The Hall–Kier alpha value is -2.79. The summed E-state index contributed by atoms with van der Waals surface area (Å²) in [6.45, 7) is 1.84. The molecule has 0 atom stereocenters. The van der Waals surface area contributed by atoms with Crippen molar-refractivity contribution in [1.82, 2.24) is 3.97 Å². The molecular formula is C21H18F3NO5S2. The summed E-state index contributed by atoms with van der Waals surface area (Å²) in [7, 11) is -9.75. The molecule has 0 saturated carbocycles. The second kappa shape index (κ2) is 7.66. The molecule has 170 valence electrons. The van der Waals surface area contributed by atoms with Crippen LogP contribution >= 0.6 is 0 Å². The standard InChI is InChI=1S/C21H18F3NO5S2/c1-14-6-8-15(9-7-14)31(26,27)25-13-12-17-16-4-2-3-5-20(18(16)10-11-19(17)25)30-32(28,29)21(22,23)24/h5-13H,2-4H2,1H3. The van der Waals surface area contributed by atoms with Gasteiger partial charge in [0.1, 0.15) is 5.76 Å². The van der Waals surface area contributed by atoms with Gasteiger partial charge < -0.3 is 4.18 Å². The zero-order valence-corrected chi connectivity index (χ0v) is 18.4. The Balaban J connectivity index is 1.83. The van der Waals surface area contributed by atoms with E-state index in [-0.39, 0.29) is 10.5 Å². The highest BCUT2D eigenvalue weighted by molar-refractivity contribution is 7.90. The van der Waals surface area contributed by atoms with E-state index >= 15 is 0 Å². The summed E-state index contributed by atoms with van der Waals surface area (Å²) in [5, 5.41) is 0.499. The first-order valence-corrected chi connectivity index (χ1v) is 12.4. The van der Waals surface area contributed by atoms with Crippen molar-refractivity contribution in [3.05, 3.63) is 71.4 Å². The van der Waals surface area contributed by atoms with Gasteiger partial charge in [-0.25, -0.2) is 12.4 Å². The highest BCUT2D eigenvalue weighted by atomic mass is 32.2. The molecule has 1 aliphatic rings. The number of rotatable bonds is 4. The molecule has 0 bridgehead atoms. The largest absolute Gasteiger partial charge is 0.534 e. The van der Waals surface area contributed by atoms with Gasteiger partial charge in [0.05, 0.1) is 10.4 Å². The molecule has 0 unspecified atom stereocenters. The van der Waals surface area contributed by atoms with E-state index in [1.54, 1.807) is 18.2 Å². The molecular weight excluding hydrogens is 467 g/mol. The number of benzene rings is 2. The number of hydrogen-bond acceptors (Lipinski definition) is 5. The number of halogens is 3. The molecule has 11 heteroatoms. The van der Waals surface area contributed by atoms with Gasteiger partial charge in [0.25, 0.3) is 10.0 Å². The predicted molar refractivity (Wildman–Crippen MR) is 113 cm³/mol. The number of aromatic nitrogens is 1. The van der Waals surface area contributed by atoms with Crippen LogP contribution in [-0.4, -0.2) is 26.3 Å². The number of fused-ring (bicyclic) bond motifs is 3. The normalized spacial score (nSPS) is 15.2. The lowest BCUT2D eigenvalue weighted by molar-refractivity contribution is -0.0509. The maximum atomic E-state index is 13.1. The van der Waals surface area contributed by atoms with Crippen LogP contribution in [0.3, 0.4) is 0 Å². The Kier molecular flexibility index (Phi) is 5.36. The van der Waals surface area contributed by atoms with Gasteiger partial charge >= 0.3 is 15.6 Å². The van der Waals surface area contributed by atoms with Crippen molar-refractivity contribution in [2.24, 2.45) is 0 Å². The first-order valence-electron chi connectivity index (χ1n) is 9.58. The molecule has 4 rings (SSSR count). The maximum absolute atomic E-state index is 13.1. The molecule has 2 aromatic carbocycles. The van der Waals surface area contributed by atoms with E-state index in [0.29, 0.717) is 35.7 Å². The first-order chi connectivity index (χ1) is 14.9. The number of hydrogen-bond donors (Lipinski definition) is 0. The van der Waals surface area contributed by atoms with Crippen molar-refractivity contribution in [3.63, 3.8) is 0 Å². The van der Waals surface area contributed by atoms with E-state index < -0.39 is 31.4 Å². The minimum Gasteiger partial charge on any atom is -0.376 e. The average Bonchev–Trinajstić information content (AvgIpc) is 3.05. The van der Waals surface area contributed by atoms with Crippen LogP contribution in [0.15, 0.2) is 59.6 Å². The van der Waals surface area contributed by atoms with Gasteiger partial charge in [-0.15, -0.1) is 0 Å². The van der Waals surface area contributed by atoms with Crippen LogP contribution in [-0.2, 0) is 30.7 Å². The van der Waals surface area contributed by atoms with Crippen LogP contribution in [0.4, 0.5) is 13.2 Å². The summed E-state index contributed by atoms with van der Waals surface area (Å²) in [5.41, 5.74) is -3.60. The first kappa shape index (κ1) is 22.4. The summed E-state index contributed by atoms with van der Waals surface area (Å²) in [6.07, 6.45) is 3.93. The molecule has 1 aromatic heterocycles. The summed E-state index contributed by atoms with van der Waals surface area (Å²) in [6, 6.07) is 10.7. The average molecular weight is 486 g/mol. The molecule has 0 amide bonds. The molecule has 0 spiro atoms. The Morgan fingerprint density at radius 3 is 2.31 bits per heavy atom. The van der Waals surface area contributed by atoms with Gasteiger partial charge in [-0.3, -0.25) is 0 Å². The number of allylic oxidation sites excluding steroid dienone is 1. The van der Waals surface area contributed by atoms with E-state index in [2.05, 4.69) is 4.18 Å². The van der Waals surface area contributed by atoms with Crippen molar-refractivity contribution in [3.8, 4) is 0 Å². The van der Waals surface area contributed by atoms with E-state index in [4.69, 9.17) is 0 Å². The Labute approximate surface area is 183 Å². The van der Waals surface area contributed by atoms with Gasteiger partial charge in [0.15, 0.2) is 0 Å². The van der Waals surface area contributed by atoms with Crippen LogP contribution in [0.5, 0.6) is 0 Å². The fourth-order valence-corrected chi connectivity index (χ4v) is 5.49. The monoisotopic (exact) mass is 485 g/mol. The van der Waals surface area contributed by atoms with Gasteiger partial charge in [0.2, 0.25) is 0 Å². The van der Waals surface area contributed by atoms with Crippen LogP contribution in [0, 0.1) is 6.92 Å². The van der Waals surface area contributed by atoms with Crippen LogP contribution in [0.1, 0.15) is 29.5 Å². The van der Waals surface area contributed by atoms with Crippen molar-refractivity contribution < 1.29 is 34.2 Å². The highest BCUT2D eigenvalue weighted by Gasteiger charge is 2.49. The van der Waals surface area contributed by atoms with Crippen molar-refractivity contribution in [2.45, 2.75) is 36.6 Å². The zero-order valence-electron chi connectivity index (χ0n) is 16.8. The number of aryl methyl sites for hydroxylation is 2. The highest BCUT2D eigenvalue weighted by Crippen LogP contribution is 2.37. The minimum atomic E-state index is -5.84. The van der Waals surface area contributed by atoms with Crippen LogP contribution < -0.4 is 0 Å². The van der Waals surface area contributed by atoms with E-state index in [0.717, 1.165) is 9.54 Å². The number of nitrogens with zero attached hydrogens (tertiary/aromatic N) is 1. The Morgan fingerprint density at radius 2 is 1.66 bits per heavy atom. The summed E-state index contributed by atoms with van der Waals surface area (Å²) in [4.78, 5) is 0.0933.